The molecule has 3 rings (SSSR count). The summed E-state index contributed by atoms with van der Waals surface area (Å²) in [5.74, 6) is 0. The van der Waals surface area contributed by atoms with Gasteiger partial charge in [-0.2, -0.15) is 0 Å². The van der Waals surface area contributed by atoms with Crippen molar-refractivity contribution in [2.75, 3.05) is 0 Å². The van der Waals surface area contributed by atoms with E-state index in [1.807, 2.05) is 18.2 Å². The Hall–Kier alpha value is -2.64. The van der Waals surface area contributed by atoms with Crippen LogP contribution in [0.15, 0.2) is 96.6 Å². The molecular weight excluding hydrogens is 304 g/mol. The average Bonchev–Trinajstić information content (AvgIpc) is 2.67. The fraction of sp³-hybridized carbons (Fsp3) is 0.167. The fourth-order valence-electron chi connectivity index (χ4n) is 2.90. The molecule has 0 N–H and O–H groups in total. The summed E-state index contributed by atoms with van der Waals surface area (Å²) >= 11 is 0. The lowest BCUT2D eigenvalue weighted by molar-refractivity contribution is 0.0401. The third-order valence-electron chi connectivity index (χ3n) is 4.19. The van der Waals surface area contributed by atoms with E-state index in [1.165, 1.54) is 22.3 Å². The van der Waals surface area contributed by atoms with E-state index < -0.39 is 0 Å². The molecule has 0 saturated carbocycles. The lowest BCUT2D eigenvalue weighted by Crippen LogP contribution is -2.05. The van der Waals surface area contributed by atoms with Crippen LogP contribution in [0.4, 0.5) is 0 Å². The van der Waals surface area contributed by atoms with Crippen molar-refractivity contribution in [3.63, 3.8) is 0 Å². The first-order valence-corrected chi connectivity index (χ1v) is 8.74. The molecule has 1 heteroatoms. The van der Waals surface area contributed by atoms with Crippen LogP contribution < -0.4 is 0 Å². The smallest absolute Gasteiger partial charge is 0.0866 e. The van der Waals surface area contributed by atoms with Crippen LogP contribution in [0.1, 0.15) is 36.1 Å². The van der Waals surface area contributed by atoms with Crippen LogP contribution in [0.3, 0.4) is 0 Å². The quantitative estimate of drug-likeness (QED) is 0.485. The highest BCUT2D eigenvalue weighted by molar-refractivity contribution is 5.52. The molecule has 1 atom stereocenters. The molecule has 0 amide bonds. The zero-order chi connectivity index (χ0) is 17.3. The summed E-state index contributed by atoms with van der Waals surface area (Å²) in [7, 11) is 0. The third-order valence-corrected chi connectivity index (χ3v) is 4.19. The van der Waals surface area contributed by atoms with Crippen molar-refractivity contribution in [1.82, 2.24) is 0 Å². The molecule has 0 aliphatic carbocycles. The van der Waals surface area contributed by atoms with Crippen LogP contribution in [-0.4, -0.2) is 0 Å². The molecule has 25 heavy (non-hydrogen) atoms. The topological polar surface area (TPSA) is 9.23 Å². The lowest BCUT2D eigenvalue weighted by atomic mass is 10.0. The van der Waals surface area contributed by atoms with Crippen LogP contribution in [0.2, 0.25) is 0 Å². The number of rotatable bonds is 7. The van der Waals surface area contributed by atoms with E-state index in [-0.39, 0.29) is 6.10 Å². The second-order valence-electron chi connectivity index (χ2n) is 6.30. The summed E-state index contributed by atoms with van der Waals surface area (Å²) in [5, 5.41) is 0. The maximum Gasteiger partial charge on any atom is 0.0866 e. The Balaban J connectivity index is 1.73. The zero-order valence-corrected chi connectivity index (χ0v) is 14.6. The number of hydrogen-bond donors (Lipinski definition) is 0. The van der Waals surface area contributed by atoms with Gasteiger partial charge in [0.2, 0.25) is 0 Å². The Kier molecular flexibility index (Phi) is 6.19. The molecule has 0 saturated heterocycles. The van der Waals surface area contributed by atoms with Crippen molar-refractivity contribution in [2.45, 2.75) is 26.1 Å². The molecule has 1 nitrogen and oxygen atoms in total. The molecule has 3 aromatic carbocycles. The highest BCUT2D eigenvalue weighted by Crippen LogP contribution is 2.27. The summed E-state index contributed by atoms with van der Waals surface area (Å²) in [6, 6.07) is 31.3. The van der Waals surface area contributed by atoms with E-state index in [2.05, 4.69) is 85.8 Å². The highest BCUT2D eigenvalue weighted by atomic mass is 16.5. The maximum atomic E-state index is 6.28. The summed E-state index contributed by atoms with van der Waals surface area (Å²) in [6.45, 7) is 2.80. The predicted octanol–water partition coefficient (Wildman–Crippen LogP) is 6.44. The lowest BCUT2D eigenvalue weighted by Gasteiger charge is -2.19. The molecule has 0 heterocycles. The first-order valence-electron chi connectivity index (χ1n) is 8.74. The van der Waals surface area contributed by atoms with Gasteiger partial charge in [0.15, 0.2) is 0 Å². The van der Waals surface area contributed by atoms with Gasteiger partial charge in [0.1, 0.15) is 0 Å². The second-order valence-corrected chi connectivity index (χ2v) is 6.30. The van der Waals surface area contributed by atoms with Crippen molar-refractivity contribution < 1.29 is 4.74 Å². The van der Waals surface area contributed by atoms with E-state index in [0.29, 0.717) is 6.61 Å². The summed E-state index contributed by atoms with van der Waals surface area (Å²) in [6.07, 6.45) is 3.18. The van der Waals surface area contributed by atoms with Gasteiger partial charge in [0.25, 0.3) is 0 Å². The molecule has 0 aromatic heterocycles. The monoisotopic (exact) mass is 328 g/mol. The molecular formula is C24H24O. The molecule has 0 bridgehead atoms. The number of benzene rings is 3. The second kappa shape index (κ2) is 9.00. The summed E-state index contributed by atoms with van der Waals surface area (Å²) < 4.78 is 6.28. The van der Waals surface area contributed by atoms with Crippen LogP contribution in [0, 0.1) is 0 Å². The Morgan fingerprint density at radius 3 is 2.00 bits per heavy atom. The van der Waals surface area contributed by atoms with Crippen molar-refractivity contribution in [2.24, 2.45) is 0 Å². The van der Waals surface area contributed by atoms with E-state index in [1.54, 1.807) is 0 Å². The van der Waals surface area contributed by atoms with Gasteiger partial charge >= 0.3 is 0 Å². The van der Waals surface area contributed by atoms with Gasteiger partial charge in [-0.1, -0.05) is 103 Å². The zero-order valence-electron chi connectivity index (χ0n) is 14.6. The van der Waals surface area contributed by atoms with Gasteiger partial charge in [-0.05, 0) is 30.0 Å². The van der Waals surface area contributed by atoms with Gasteiger partial charge in [0.05, 0.1) is 12.7 Å². The Morgan fingerprint density at radius 1 is 0.800 bits per heavy atom. The normalized spacial score (nSPS) is 12.8. The Labute approximate surface area is 150 Å². The van der Waals surface area contributed by atoms with Gasteiger partial charge in [-0.25, -0.2) is 0 Å². The number of ether oxygens (including phenoxy) is 1. The van der Waals surface area contributed by atoms with Gasteiger partial charge in [-0.15, -0.1) is 0 Å². The van der Waals surface area contributed by atoms with Crippen LogP contribution in [0.5, 0.6) is 0 Å². The minimum Gasteiger partial charge on any atom is -0.369 e. The molecule has 0 spiro atoms. The average molecular weight is 328 g/mol. The molecule has 0 unspecified atom stereocenters. The van der Waals surface area contributed by atoms with Gasteiger partial charge < -0.3 is 4.74 Å². The van der Waals surface area contributed by atoms with E-state index in [9.17, 15) is 0 Å². The van der Waals surface area contributed by atoms with Crippen LogP contribution in [-0.2, 0) is 11.3 Å². The number of hydrogen-bond acceptors (Lipinski definition) is 1. The van der Waals surface area contributed by atoms with Crippen molar-refractivity contribution in [1.29, 1.82) is 0 Å². The first-order chi connectivity index (χ1) is 12.3. The molecule has 3 aromatic rings. The van der Waals surface area contributed by atoms with Crippen LogP contribution >= 0.6 is 0 Å². The van der Waals surface area contributed by atoms with E-state index >= 15 is 0 Å². The Morgan fingerprint density at radius 2 is 1.36 bits per heavy atom. The predicted molar refractivity (Wildman–Crippen MR) is 105 cm³/mol. The van der Waals surface area contributed by atoms with E-state index in [0.717, 1.165) is 6.42 Å². The fourth-order valence-corrected chi connectivity index (χ4v) is 2.90. The van der Waals surface area contributed by atoms with Gasteiger partial charge in [-0.3, -0.25) is 0 Å². The summed E-state index contributed by atoms with van der Waals surface area (Å²) in [5.41, 5.74) is 4.97. The standard InChI is InChI=1S/C24H24O/c1-20(17-21-11-5-2-6-12-21)18-24(23-15-9-4-10-16-23)25-19-22-13-7-3-8-14-22/h2-17,24H,18-19H2,1H3/b20-17+/t24-/m0/s1. The molecule has 0 fully saturated rings. The first kappa shape index (κ1) is 17.2. The van der Waals surface area contributed by atoms with Crippen molar-refractivity contribution in [3.8, 4) is 0 Å². The van der Waals surface area contributed by atoms with Crippen molar-refractivity contribution in [3.05, 3.63) is 113 Å². The van der Waals surface area contributed by atoms with Crippen LogP contribution in [0.25, 0.3) is 6.08 Å². The minimum absolute atomic E-state index is 0.0568. The summed E-state index contributed by atoms with van der Waals surface area (Å²) in [4.78, 5) is 0. The SMILES string of the molecule is C/C(=C\c1ccccc1)C[C@H](OCc1ccccc1)c1ccccc1. The molecule has 0 radical (unpaired) electrons. The van der Waals surface area contributed by atoms with E-state index in [4.69, 9.17) is 4.74 Å². The molecule has 0 aliphatic heterocycles. The van der Waals surface area contributed by atoms with Crippen molar-refractivity contribution >= 4 is 6.08 Å². The molecule has 0 aliphatic rings. The Bertz CT molecular complexity index is 776. The largest absolute Gasteiger partial charge is 0.369 e. The third kappa shape index (κ3) is 5.44. The maximum absolute atomic E-state index is 6.28. The highest BCUT2D eigenvalue weighted by Gasteiger charge is 2.13. The molecule has 126 valence electrons. The minimum atomic E-state index is 0.0568. The van der Waals surface area contributed by atoms with Gasteiger partial charge in [0, 0.05) is 0 Å².